The van der Waals surface area contributed by atoms with Crippen molar-refractivity contribution < 1.29 is 22.6 Å². The summed E-state index contributed by atoms with van der Waals surface area (Å²) in [5.74, 6) is 0.195. The standard InChI is InChI=1S/C14H10BrF3O2/c15-13-4-2-1-3-10(13)9-19-11-5-7-12(8-6-11)20-14(16,17)18/h1-8H,9H2. The maximum atomic E-state index is 12.0. The highest BCUT2D eigenvalue weighted by Crippen LogP contribution is 2.25. The van der Waals surface area contributed by atoms with E-state index in [-0.39, 0.29) is 5.75 Å². The van der Waals surface area contributed by atoms with Crippen LogP contribution in [-0.2, 0) is 6.61 Å². The second-order valence-electron chi connectivity index (χ2n) is 3.90. The van der Waals surface area contributed by atoms with Crippen molar-refractivity contribution in [1.29, 1.82) is 0 Å². The average molecular weight is 347 g/mol. The molecule has 0 aromatic heterocycles. The first-order valence-electron chi connectivity index (χ1n) is 5.66. The molecule has 0 atom stereocenters. The van der Waals surface area contributed by atoms with Crippen molar-refractivity contribution >= 4 is 15.9 Å². The first kappa shape index (κ1) is 14.7. The van der Waals surface area contributed by atoms with Crippen LogP contribution in [0.4, 0.5) is 13.2 Å². The number of rotatable bonds is 4. The molecule has 0 heterocycles. The highest BCUT2D eigenvalue weighted by molar-refractivity contribution is 9.10. The summed E-state index contributed by atoms with van der Waals surface area (Å²) in [5, 5.41) is 0. The second kappa shape index (κ2) is 6.17. The minimum atomic E-state index is -4.68. The molecule has 0 aliphatic carbocycles. The Morgan fingerprint density at radius 1 is 0.900 bits per heavy atom. The van der Waals surface area contributed by atoms with Crippen LogP contribution in [0.5, 0.6) is 11.5 Å². The molecule has 0 saturated heterocycles. The second-order valence-corrected chi connectivity index (χ2v) is 4.75. The van der Waals surface area contributed by atoms with E-state index in [0.29, 0.717) is 12.4 Å². The molecule has 0 amide bonds. The monoisotopic (exact) mass is 346 g/mol. The van der Waals surface area contributed by atoms with E-state index in [1.807, 2.05) is 24.3 Å². The molecule has 0 bridgehead atoms. The molecule has 0 N–H and O–H groups in total. The molecule has 6 heteroatoms. The van der Waals surface area contributed by atoms with Crippen LogP contribution >= 0.6 is 15.9 Å². The Hall–Kier alpha value is -1.69. The molecule has 0 fully saturated rings. The van der Waals surface area contributed by atoms with E-state index < -0.39 is 6.36 Å². The molecular weight excluding hydrogens is 337 g/mol. The van der Waals surface area contributed by atoms with Crippen molar-refractivity contribution in [3.63, 3.8) is 0 Å². The minimum absolute atomic E-state index is 0.272. The van der Waals surface area contributed by atoms with Crippen molar-refractivity contribution in [1.82, 2.24) is 0 Å². The molecule has 0 spiro atoms. The average Bonchev–Trinajstić information content (AvgIpc) is 2.38. The maximum Gasteiger partial charge on any atom is 0.573 e. The van der Waals surface area contributed by atoms with Gasteiger partial charge in [0.15, 0.2) is 0 Å². The summed E-state index contributed by atoms with van der Waals surface area (Å²) in [5.41, 5.74) is 0.947. The van der Waals surface area contributed by atoms with Crippen LogP contribution in [0.1, 0.15) is 5.56 Å². The summed E-state index contributed by atoms with van der Waals surface area (Å²) in [6.07, 6.45) is -4.68. The largest absolute Gasteiger partial charge is 0.573 e. The van der Waals surface area contributed by atoms with Gasteiger partial charge in [0, 0.05) is 10.0 Å². The predicted molar refractivity (Wildman–Crippen MR) is 71.6 cm³/mol. The summed E-state index contributed by atoms with van der Waals surface area (Å²) < 4.78 is 46.2. The van der Waals surface area contributed by atoms with Gasteiger partial charge in [-0.25, -0.2) is 0 Å². The molecule has 0 unspecified atom stereocenters. The Kier molecular flexibility index (Phi) is 4.54. The van der Waals surface area contributed by atoms with Gasteiger partial charge in [0.05, 0.1) is 0 Å². The molecule has 106 valence electrons. The lowest BCUT2D eigenvalue weighted by molar-refractivity contribution is -0.274. The van der Waals surface area contributed by atoms with Gasteiger partial charge in [0.1, 0.15) is 18.1 Å². The lowest BCUT2D eigenvalue weighted by Gasteiger charge is -2.10. The molecule has 2 nitrogen and oxygen atoms in total. The summed E-state index contributed by atoms with van der Waals surface area (Å²) >= 11 is 3.39. The van der Waals surface area contributed by atoms with E-state index in [1.165, 1.54) is 24.3 Å². The fourth-order valence-electron chi connectivity index (χ4n) is 1.51. The number of halogens is 4. The van der Waals surface area contributed by atoms with Crippen molar-refractivity contribution in [2.45, 2.75) is 13.0 Å². The molecule has 0 aliphatic heterocycles. The third-order valence-electron chi connectivity index (χ3n) is 2.41. The third-order valence-corrected chi connectivity index (χ3v) is 3.18. The van der Waals surface area contributed by atoms with E-state index >= 15 is 0 Å². The molecule has 0 saturated carbocycles. The number of benzene rings is 2. The van der Waals surface area contributed by atoms with Crippen molar-refractivity contribution in [2.24, 2.45) is 0 Å². The van der Waals surface area contributed by atoms with E-state index in [2.05, 4.69) is 20.7 Å². The van der Waals surface area contributed by atoms with E-state index in [4.69, 9.17) is 4.74 Å². The zero-order chi connectivity index (χ0) is 14.6. The third kappa shape index (κ3) is 4.45. The molecule has 2 aromatic rings. The van der Waals surface area contributed by atoms with Gasteiger partial charge in [-0.15, -0.1) is 13.2 Å². The van der Waals surface area contributed by atoms with E-state index in [9.17, 15) is 13.2 Å². The first-order chi connectivity index (χ1) is 9.44. The zero-order valence-corrected chi connectivity index (χ0v) is 11.7. The van der Waals surface area contributed by atoms with Crippen LogP contribution in [0.25, 0.3) is 0 Å². The van der Waals surface area contributed by atoms with Crippen LogP contribution in [0, 0.1) is 0 Å². The molecule has 0 radical (unpaired) electrons. The normalized spacial score (nSPS) is 11.2. The van der Waals surface area contributed by atoms with Gasteiger partial charge in [-0.05, 0) is 30.3 Å². The Morgan fingerprint density at radius 2 is 1.50 bits per heavy atom. The molecule has 0 aliphatic rings. The lowest BCUT2D eigenvalue weighted by Crippen LogP contribution is -2.16. The van der Waals surface area contributed by atoms with Crippen molar-refractivity contribution in [2.75, 3.05) is 0 Å². The number of ether oxygens (including phenoxy) is 2. The Balaban J connectivity index is 1.96. The van der Waals surface area contributed by atoms with Gasteiger partial charge in [0.25, 0.3) is 0 Å². The molecule has 2 rings (SSSR count). The van der Waals surface area contributed by atoms with Crippen LogP contribution in [0.15, 0.2) is 53.0 Å². The fraction of sp³-hybridized carbons (Fsp3) is 0.143. The van der Waals surface area contributed by atoms with Gasteiger partial charge in [-0.3, -0.25) is 0 Å². The summed E-state index contributed by atoms with van der Waals surface area (Å²) in [7, 11) is 0. The summed E-state index contributed by atoms with van der Waals surface area (Å²) in [4.78, 5) is 0. The molecule has 20 heavy (non-hydrogen) atoms. The minimum Gasteiger partial charge on any atom is -0.489 e. The summed E-state index contributed by atoms with van der Waals surface area (Å²) in [6.45, 7) is 0.320. The quantitative estimate of drug-likeness (QED) is 0.781. The van der Waals surface area contributed by atoms with Crippen LogP contribution in [0.3, 0.4) is 0 Å². The maximum absolute atomic E-state index is 12.0. The van der Waals surface area contributed by atoms with E-state index in [1.54, 1.807) is 0 Å². The predicted octanol–water partition coefficient (Wildman–Crippen LogP) is 4.93. The van der Waals surface area contributed by atoms with Gasteiger partial charge in [-0.1, -0.05) is 34.1 Å². The van der Waals surface area contributed by atoms with Gasteiger partial charge in [-0.2, -0.15) is 0 Å². The van der Waals surface area contributed by atoms with Crippen LogP contribution in [-0.4, -0.2) is 6.36 Å². The smallest absolute Gasteiger partial charge is 0.489 e. The number of alkyl halides is 3. The van der Waals surface area contributed by atoms with Crippen molar-refractivity contribution in [3.05, 3.63) is 58.6 Å². The van der Waals surface area contributed by atoms with Gasteiger partial charge < -0.3 is 9.47 Å². The first-order valence-corrected chi connectivity index (χ1v) is 6.45. The SMILES string of the molecule is FC(F)(F)Oc1ccc(OCc2ccccc2Br)cc1. The van der Waals surface area contributed by atoms with Crippen LogP contribution < -0.4 is 9.47 Å². The number of hydrogen-bond acceptors (Lipinski definition) is 2. The topological polar surface area (TPSA) is 18.5 Å². The Labute approximate surface area is 122 Å². The highest BCUT2D eigenvalue weighted by atomic mass is 79.9. The Morgan fingerprint density at radius 3 is 2.10 bits per heavy atom. The molecular formula is C14H10BrF3O2. The van der Waals surface area contributed by atoms with Gasteiger partial charge >= 0.3 is 6.36 Å². The summed E-state index contributed by atoms with van der Waals surface area (Å²) in [6, 6.07) is 12.8. The Bertz CT molecular complexity index is 567. The fourth-order valence-corrected chi connectivity index (χ4v) is 1.91. The zero-order valence-electron chi connectivity index (χ0n) is 10.2. The number of hydrogen-bond donors (Lipinski definition) is 0. The van der Waals surface area contributed by atoms with E-state index in [0.717, 1.165) is 10.0 Å². The highest BCUT2D eigenvalue weighted by Gasteiger charge is 2.30. The van der Waals surface area contributed by atoms with Gasteiger partial charge in [0.2, 0.25) is 0 Å². The molecule has 2 aromatic carbocycles. The van der Waals surface area contributed by atoms with Crippen molar-refractivity contribution in [3.8, 4) is 11.5 Å². The van der Waals surface area contributed by atoms with Crippen LogP contribution in [0.2, 0.25) is 0 Å². The lowest BCUT2D eigenvalue weighted by atomic mass is 10.2.